The van der Waals surface area contributed by atoms with Gasteiger partial charge in [-0.2, -0.15) is 45.5 Å². The molecule has 0 aliphatic rings. The van der Waals surface area contributed by atoms with Crippen LogP contribution in [-0.4, -0.2) is 10.1 Å². The van der Waals surface area contributed by atoms with Crippen LogP contribution in [0.3, 0.4) is 0 Å². The van der Waals surface area contributed by atoms with Gasteiger partial charge in [0.1, 0.15) is 0 Å². The van der Waals surface area contributed by atoms with Crippen LogP contribution in [0, 0.1) is 27.7 Å². The Kier molecular flexibility index (Phi) is 11.8. The number of hydrogen-bond acceptors (Lipinski definition) is 0. The molecule has 168 valence electrons. The molecule has 0 saturated heterocycles. The zero-order valence-corrected chi connectivity index (χ0v) is 27.0. The molecule has 0 aliphatic heterocycles. The molecule has 0 radical (unpaired) electrons. The van der Waals surface area contributed by atoms with Gasteiger partial charge in [0.25, 0.3) is 0 Å². The minimum absolute atomic E-state index is 0.719. The monoisotopic (exact) mass is 692 g/mol. The number of halogens is 2. The predicted octanol–water partition coefficient (Wildman–Crippen LogP) is 9.54. The van der Waals surface area contributed by atoms with Crippen LogP contribution in [0.5, 0.6) is 0 Å². The molecule has 0 aromatic heterocycles. The molecule has 0 unspecified atom stereocenters. The van der Waals surface area contributed by atoms with Crippen LogP contribution in [-0.2, 0) is 16.0 Å². The first-order valence-electron chi connectivity index (χ1n) is 10.8. The second-order valence-corrected chi connectivity index (χ2v) is 60.2. The first-order valence-corrected chi connectivity index (χ1v) is 34.2. The van der Waals surface area contributed by atoms with Crippen molar-refractivity contribution in [1.29, 1.82) is 0 Å². The summed E-state index contributed by atoms with van der Waals surface area (Å²) in [5.41, 5.74) is 10.8. The Balaban J connectivity index is 0.000000183. The van der Waals surface area contributed by atoms with E-state index >= 15 is 0 Å². The Morgan fingerprint density at radius 3 is 1.16 bits per heavy atom. The zero-order chi connectivity index (χ0) is 23.7. The summed E-state index contributed by atoms with van der Waals surface area (Å²) < 4.78 is 0. The fourth-order valence-electron chi connectivity index (χ4n) is 3.46. The third-order valence-corrected chi connectivity index (χ3v) is 52.9. The number of benzene rings is 2. The van der Waals surface area contributed by atoms with Gasteiger partial charge in [-0.15, -0.1) is 0 Å². The average molecular weight is 691 g/mol. The topological polar surface area (TPSA) is 0 Å². The first-order chi connectivity index (χ1) is 15.2. The van der Waals surface area contributed by atoms with Gasteiger partial charge in [0.15, 0.2) is 0 Å². The van der Waals surface area contributed by atoms with Gasteiger partial charge in [0.2, 0.25) is 0 Å². The summed E-state index contributed by atoms with van der Waals surface area (Å²) in [6.45, 7) is 8.60. The molecule has 4 aromatic rings. The molecule has 0 bridgehead atoms. The summed E-state index contributed by atoms with van der Waals surface area (Å²) in [4.78, 5) is 0. The third-order valence-electron chi connectivity index (χ3n) is 5.03. The predicted molar refractivity (Wildman–Crippen MR) is 143 cm³/mol. The molecule has 32 heavy (non-hydrogen) atoms. The fraction of sp³-hybridized carbons (Fsp3) is 0.214. The summed E-state index contributed by atoms with van der Waals surface area (Å²) in [7, 11) is 10.6. The standard InChI is InChI=1S/2C13H13.C2H6Ge.2ClH.Hf/c2*1-10-8-11(2)13(9-10)12-6-4-3-5-7-12;1-3-2;;;/h2*3-9H,1-2H3;1-2H3;2*1H;/q2*-1;;;;+2/p-2. The van der Waals surface area contributed by atoms with Crippen molar-refractivity contribution in [2.45, 2.75) is 39.2 Å². The number of rotatable bonds is 2. The van der Waals surface area contributed by atoms with Crippen LogP contribution in [0.4, 0.5) is 0 Å². The minimum atomic E-state index is -1.72. The molecule has 4 rings (SSSR count). The van der Waals surface area contributed by atoms with E-state index in [-0.39, 0.29) is 0 Å². The summed E-state index contributed by atoms with van der Waals surface area (Å²) in [6, 6.07) is 30.0. The summed E-state index contributed by atoms with van der Waals surface area (Å²) >= 11 is -1.72. The van der Waals surface area contributed by atoms with Gasteiger partial charge in [-0.25, -0.2) is 12.1 Å². The van der Waals surface area contributed by atoms with Gasteiger partial charge in [0.05, 0.1) is 0 Å². The molecule has 0 atom stereocenters. The molecule has 4 heteroatoms. The molecule has 0 amide bonds. The Morgan fingerprint density at radius 1 is 0.625 bits per heavy atom. The Morgan fingerprint density at radius 2 is 0.938 bits per heavy atom. The van der Waals surface area contributed by atoms with Crippen LogP contribution >= 0.6 is 17.2 Å². The van der Waals surface area contributed by atoms with Crippen molar-refractivity contribution in [2.75, 3.05) is 0 Å². The molecule has 0 fully saturated rings. The normalized spacial score (nSPS) is 9.88. The Bertz CT molecular complexity index is 1040. The van der Waals surface area contributed by atoms with E-state index in [2.05, 4.69) is 124 Å². The third kappa shape index (κ3) is 8.82. The van der Waals surface area contributed by atoms with Gasteiger partial charge >= 0.3 is 54.7 Å². The maximum absolute atomic E-state index is 5.67. The summed E-state index contributed by atoms with van der Waals surface area (Å²) in [6.07, 6.45) is 0. The summed E-state index contributed by atoms with van der Waals surface area (Å²) in [5.74, 6) is 4.48. The number of hydrogen-bond donors (Lipinski definition) is 0. The van der Waals surface area contributed by atoms with Crippen molar-refractivity contribution in [1.82, 2.24) is 0 Å². The van der Waals surface area contributed by atoms with Gasteiger partial charge in [-0.05, 0) is 0 Å². The molecule has 0 aliphatic carbocycles. The van der Waals surface area contributed by atoms with Crippen molar-refractivity contribution in [3.05, 3.63) is 107 Å². The van der Waals surface area contributed by atoms with Crippen LogP contribution in [0.2, 0.25) is 11.5 Å². The van der Waals surface area contributed by atoms with E-state index in [0.717, 1.165) is 0 Å². The van der Waals surface area contributed by atoms with E-state index in [4.69, 9.17) is 17.2 Å². The quantitative estimate of drug-likeness (QED) is 0.145. The van der Waals surface area contributed by atoms with Crippen LogP contribution in [0.25, 0.3) is 22.3 Å². The fourth-order valence-corrected chi connectivity index (χ4v) is 3.46. The van der Waals surface area contributed by atoms with E-state index in [1.807, 2.05) is 0 Å². The van der Waals surface area contributed by atoms with Gasteiger partial charge < -0.3 is 0 Å². The van der Waals surface area contributed by atoms with Crippen LogP contribution in [0.15, 0.2) is 84.9 Å². The average Bonchev–Trinajstić information content (AvgIpc) is 3.29. The van der Waals surface area contributed by atoms with E-state index in [0.29, 0.717) is 0 Å². The second kappa shape index (κ2) is 13.7. The SMILES string of the molecule is Cc1cc(-c2ccccc2)c(C)[cH-]1.Cc1cc(-c2ccccc2)c(C)[cH-]1.[CH3][Ge]([CH3])=[Hf]([Cl])[Cl]. The Labute approximate surface area is 210 Å². The van der Waals surface area contributed by atoms with Gasteiger partial charge in [-0.1, -0.05) is 99.5 Å². The van der Waals surface area contributed by atoms with Crippen molar-refractivity contribution >= 4 is 27.2 Å². The van der Waals surface area contributed by atoms with Crippen LogP contribution < -0.4 is 0 Å². The molecule has 0 spiro atoms. The van der Waals surface area contributed by atoms with Crippen molar-refractivity contribution in [3.63, 3.8) is 0 Å². The molecule has 0 N–H and O–H groups in total. The van der Waals surface area contributed by atoms with Crippen molar-refractivity contribution in [3.8, 4) is 22.3 Å². The van der Waals surface area contributed by atoms with Crippen molar-refractivity contribution in [2.24, 2.45) is 0 Å². The molecular formula is C28H32Cl2GeHf-2. The van der Waals surface area contributed by atoms with Gasteiger partial charge in [0, 0.05) is 0 Å². The van der Waals surface area contributed by atoms with Crippen LogP contribution in [0.1, 0.15) is 22.3 Å². The zero-order valence-electron chi connectivity index (χ0n) is 19.8. The van der Waals surface area contributed by atoms with E-state index in [1.165, 1.54) is 44.5 Å². The molecular weight excluding hydrogens is 658 g/mol. The molecule has 0 saturated carbocycles. The number of aryl methyl sites for hydroxylation is 4. The molecule has 0 nitrogen and oxygen atoms in total. The van der Waals surface area contributed by atoms with Gasteiger partial charge in [-0.3, -0.25) is 0 Å². The second-order valence-electron chi connectivity index (χ2n) is 8.25. The van der Waals surface area contributed by atoms with E-state index < -0.39 is 26.0 Å². The Hall–Kier alpha value is -0.867. The van der Waals surface area contributed by atoms with Crippen molar-refractivity contribution < 1.29 is 16.0 Å². The molecule has 4 aromatic carbocycles. The maximum atomic E-state index is 5.67. The van der Waals surface area contributed by atoms with E-state index in [1.54, 1.807) is 0 Å². The first kappa shape index (κ1) is 27.4. The molecule has 0 heterocycles. The summed E-state index contributed by atoms with van der Waals surface area (Å²) in [5, 5.41) is 0. The van der Waals surface area contributed by atoms with E-state index in [9.17, 15) is 0 Å².